The zero-order chi connectivity index (χ0) is 12.5. The maximum absolute atomic E-state index is 11.8. The van der Waals surface area contributed by atoms with Crippen molar-refractivity contribution >= 4 is 10.8 Å². The minimum absolute atomic E-state index is 0.0676. The van der Waals surface area contributed by atoms with Crippen molar-refractivity contribution in [2.24, 2.45) is 0 Å². The Balaban J connectivity index is 2.25. The second-order valence-electron chi connectivity index (χ2n) is 4.33. The third-order valence-electron chi connectivity index (χ3n) is 2.99. The minimum atomic E-state index is -0.0676. The molecule has 0 spiro atoms. The summed E-state index contributed by atoms with van der Waals surface area (Å²) in [6.45, 7) is 2.03. The van der Waals surface area contributed by atoms with E-state index in [1.165, 1.54) is 0 Å². The zero-order valence-electron chi connectivity index (χ0n) is 9.97. The summed E-state index contributed by atoms with van der Waals surface area (Å²) in [6.07, 6.45) is 3.44. The van der Waals surface area contributed by atoms with Gasteiger partial charge in [-0.05, 0) is 42.1 Å². The molecule has 3 heteroatoms. The average molecular weight is 236 g/mol. The normalized spacial score (nSPS) is 10.7. The fraction of sp³-hybridized carbons (Fsp3) is 0.0667. The lowest BCUT2D eigenvalue weighted by Crippen LogP contribution is -2.04. The molecule has 3 rings (SSSR count). The van der Waals surface area contributed by atoms with Crippen molar-refractivity contribution in [1.29, 1.82) is 0 Å². The summed E-state index contributed by atoms with van der Waals surface area (Å²) in [5.41, 5.74) is 2.94. The first-order valence-electron chi connectivity index (χ1n) is 5.78. The Kier molecular flexibility index (Phi) is 2.45. The Morgan fingerprint density at radius 2 is 2.00 bits per heavy atom. The summed E-state index contributed by atoms with van der Waals surface area (Å²) < 4.78 is 0. The van der Waals surface area contributed by atoms with E-state index in [0.717, 1.165) is 22.2 Å². The molecule has 0 unspecified atom stereocenters. The van der Waals surface area contributed by atoms with Crippen LogP contribution in [0, 0.1) is 6.92 Å². The van der Waals surface area contributed by atoms with E-state index < -0.39 is 0 Å². The molecule has 3 nitrogen and oxygen atoms in total. The van der Waals surface area contributed by atoms with Crippen LogP contribution in [0.25, 0.3) is 22.0 Å². The molecule has 0 aliphatic heterocycles. The number of nitrogens with zero attached hydrogens (tertiary/aromatic N) is 1. The molecule has 0 bridgehead atoms. The third kappa shape index (κ3) is 1.80. The van der Waals surface area contributed by atoms with Crippen molar-refractivity contribution in [3.05, 3.63) is 64.7 Å². The standard InChI is InChI=1S/C15H12N2O/c1-10-4-6-16-14(8-10)12-3-2-11-5-7-17-15(18)13(11)9-12/h2-9H,1H3,(H,17,18). The van der Waals surface area contributed by atoms with Gasteiger partial charge in [-0.2, -0.15) is 0 Å². The number of hydrogen-bond acceptors (Lipinski definition) is 2. The van der Waals surface area contributed by atoms with Gasteiger partial charge < -0.3 is 4.98 Å². The van der Waals surface area contributed by atoms with Gasteiger partial charge >= 0.3 is 0 Å². The number of hydrogen-bond donors (Lipinski definition) is 1. The van der Waals surface area contributed by atoms with Gasteiger partial charge in [-0.15, -0.1) is 0 Å². The molecule has 0 amide bonds. The van der Waals surface area contributed by atoms with Crippen LogP contribution in [0.5, 0.6) is 0 Å². The van der Waals surface area contributed by atoms with Gasteiger partial charge in [-0.1, -0.05) is 12.1 Å². The number of benzene rings is 1. The molecule has 2 heterocycles. The maximum Gasteiger partial charge on any atom is 0.255 e. The second kappa shape index (κ2) is 4.11. The first-order chi connectivity index (χ1) is 8.74. The van der Waals surface area contributed by atoms with Gasteiger partial charge in [-0.3, -0.25) is 9.78 Å². The average Bonchev–Trinajstić information content (AvgIpc) is 2.39. The minimum Gasteiger partial charge on any atom is -0.329 e. The number of fused-ring (bicyclic) bond motifs is 1. The van der Waals surface area contributed by atoms with Gasteiger partial charge in [0.2, 0.25) is 0 Å². The SMILES string of the molecule is Cc1ccnc(-c2ccc3cc[nH]c(=O)c3c2)c1. The van der Waals surface area contributed by atoms with Crippen LogP contribution in [-0.4, -0.2) is 9.97 Å². The fourth-order valence-corrected chi connectivity index (χ4v) is 2.04. The fourth-order valence-electron chi connectivity index (χ4n) is 2.04. The molecular formula is C15H12N2O. The van der Waals surface area contributed by atoms with Gasteiger partial charge in [0.05, 0.1) is 5.69 Å². The van der Waals surface area contributed by atoms with E-state index in [9.17, 15) is 4.79 Å². The number of nitrogens with one attached hydrogen (secondary N) is 1. The highest BCUT2D eigenvalue weighted by atomic mass is 16.1. The molecule has 0 fully saturated rings. The summed E-state index contributed by atoms with van der Waals surface area (Å²) >= 11 is 0. The molecule has 1 aromatic carbocycles. The van der Waals surface area contributed by atoms with Crippen LogP contribution in [0.1, 0.15) is 5.56 Å². The van der Waals surface area contributed by atoms with E-state index in [-0.39, 0.29) is 5.56 Å². The molecule has 0 saturated heterocycles. The van der Waals surface area contributed by atoms with Gasteiger partial charge in [0.25, 0.3) is 5.56 Å². The summed E-state index contributed by atoms with van der Waals surface area (Å²) in [6, 6.07) is 11.7. The van der Waals surface area contributed by atoms with Crippen LogP contribution >= 0.6 is 0 Å². The molecule has 88 valence electrons. The predicted molar refractivity (Wildman–Crippen MR) is 72.5 cm³/mol. The smallest absolute Gasteiger partial charge is 0.255 e. The Labute approximate surface area is 104 Å². The van der Waals surface area contributed by atoms with Crippen molar-refractivity contribution in [3.8, 4) is 11.3 Å². The second-order valence-corrected chi connectivity index (χ2v) is 4.33. The molecule has 0 aliphatic carbocycles. The van der Waals surface area contributed by atoms with E-state index >= 15 is 0 Å². The van der Waals surface area contributed by atoms with E-state index in [4.69, 9.17) is 0 Å². The lowest BCUT2D eigenvalue weighted by atomic mass is 10.1. The first-order valence-corrected chi connectivity index (χ1v) is 5.78. The Morgan fingerprint density at radius 3 is 2.83 bits per heavy atom. The summed E-state index contributed by atoms with van der Waals surface area (Å²) in [4.78, 5) is 18.8. The van der Waals surface area contributed by atoms with Crippen molar-refractivity contribution in [3.63, 3.8) is 0 Å². The molecule has 0 aliphatic rings. The number of pyridine rings is 2. The van der Waals surface area contributed by atoms with Gasteiger partial charge in [0.1, 0.15) is 0 Å². The number of aromatic amines is 1. The van der Waals surface area contributed by atoms with Crippen LogP contribution in [0.4, 0.5) is 0 Å². The van der Waals surface area contributed by atoms with Crippen LogP contribution in [0.2, 0.25) is 0 Å². The molecule has 0 saturated carbocycles. The third-order valence-corrected chi connectivity index (χ3v) is 2.99. The lowest BCUT2D eigenvalue weighted by molar-refractivity contribution is 1.27. The van der Waals surface area contributed by atoms with E-state index in [0.29, 0.717) is 5.39 Å². The van der Waals surface area contributed by atoms with Crippen LogP contribution in [-0.2, 0) is 0 Å². The molecule has 18 heavy (non-hydrogen) atoms. The number of aromatic nitrogens is 2. The van der Waals surface area contributed by atoms with Gasteiger partial charge in [-0.25, -0.2) is 0 Å². The first kappa shape index (κ1) is 10.7. The van der Waals surface area contributed by atoms with Crippen molar-refractivity contribution < 1.29 is 0 Å². The Morgan fingerprint density at radius 1 is 1.11 bits per heavy atom. The van der Waals surface area contributed by atoms with Crippen LogP contribution in [0.3, 0.4) is 0 Å². The van der Waals surface area contributed by atoms with Crippen molar-refractivity contribution in [1.82, 2.24) is 9.97 Å². The highest BCUT2D eigenvalue weighted by Crippen LogP contribution is 2.21. The Bertz CT molecular complexity index is 775. The quantitative estimate of drug-likeness (QED) is 0.706. The highest BCUT2D eigenvalue weighted by molar-refractivity contribution is 5.85. The molecule has 0 atom stereocenters. The van der Waals surface area contributed by atoms with E-state index in [2.05, 4.69) is 9.97 Å². The summed E-state index contributed by atoms with van der Waals surface area (Å²) in [5, 5.41) is 1.63. The zero-order valence-corrected chi connectivity index (χ0v) is 9.97. The number of aryl methyl sites for hydroxylation is 1. The maximum atomic E-state index is 11.8. The molecule has 2 aromatic heterocycles. The highest BCUT2D eigenvalue weighted by Gasteiger charge is 2.03. The van der Waals surface area contributed by atoms with Crippen LogP contribution in [0.15, 0.2) is 53.6 Å². The largest absolute Gasteiger partial charge is 0.329 e. The van der Waals surface area contributed by atoms with Gasteiger partial charge in [0, 0.05) is 23.3 Å². The predicted octanol–water partition coefficient (Wildman–Crippen LogP) is 2.90. The van der Waals surface area contributed by atoms with Crippen LogP contribution < -0.4 is 5.56 Å². The molecule has 0 radical (unpaired) electrons. The van der Waals surface area contributed by atoms with Crippen molar-refractivity contribution in [2.75, 3.05) is 0 Å². The summed E-state index contributed by atoms with van der Waals surface area (Å²) in [7, 11) is 0. The molecule has 1 N–H and O–H groups in total. The topological polar surface area (TPSA) is 45.8 Å². The summed E-state index contributed by atoms with van der Waals surface area (Å²) in [5.74, 6) is 0. The Hall–Kier alpha value is -2.42. The van der Waals surface area contributed by atoms with Crippen molar-refractivity contribution in [2.45, 2.75) is 6.92 Å². The number of rotatable bonds is 1. The molecule has 3 aromatic rings. The molecular weight excluding hydrogens is 224 g/mol. The number of H-pyrrole nitrogens is 1. The lowest BCUT2D eigenvalue weighted by Gasteiger charge is -2.03. The van der Waals surface area contributed by atoms with E-state index in [1.807, 2.05) is 43.3 Å². The van der Waals surface area contributed by atoms with E-state index in [1.54, 1.807) is 12.4 Å². The monoisotopic (exact) mass is 236 g/mol. The van der Waals surface area contributed by atoms with Gasteiger partial charge in [0.15, 0.2) is 0 Å².